The van der Waals surface area contributed by atoms with Gasteiger partial charge in [0.05, 0.1) is 6.42 Å². The normalized spacial score (nSPS) is 10.7. The lowest BCUT2D eigenvalue weighted by atomic mass is 10.2. The monoisotopic (exact) mass is 316 g/mol. The number of hydrogen-bond acceptors (Lipinski definition) is 4. The molecule has 1 heterocycles. The molecule has 0 radical (unpaired) electrons. The predicted octanol–water partition coefficient (Wildman–Crippen LogP) is 2.91. The van der Waals surface area contributed by atoms with Crippen LogP contribution in [0.25, 0.3) is 11.5 Å². The molecule has 0 spiro atoms. The van der Waals surface area contributed by atoms with Crippen LogP contribution in [0.5, 0.6) is 0 Å². The smallest absolute Gasteiger partial charge is 0.305 e. The number of benzene rings is 1. The van der Waals surface area contributed by atoms with Gasteiger partial charge in [-0.1, -0.05) is 32.0 Å². The van der Waals surface area contributed by atoms with Gasteiger partial charge in [0.1, 0.15) is 6.26 Å². The van der Waals surface area contributed by atoms with Crippen molar-refractivity contribution in [1.29, 1.82) is 0 Å². The number of oxazole rings is 1. The molecule has 1 aromatic heterocycles. The minimum absolute atomic E-state index is 0.0954. The molecule has 0 saturated carbocycles. The Labute approximate surface area is 134 Å². The Morgan fingerprint density at radius 1 is 1.26 bits per heavy atom. The second-order valence-corrected chi connectivity index (χ2v) is 5.69. The average Bonchev–Trinajstić information content (AvgIpc) is 3.01. The fraction of sp³-hybridized carbons (Fsp3) is 0.353. The van der Waals surface area contributed by atoms with Gasteiger partial charge in [-0.05, 0) is 18.1 Å². The maximum absolute atomic E-state index is 12.5. The first kappa shape index (κ1) is 16.7. The lowest BCUT2D eigenvalue weighted by Crippen LogP contribution is -2.36. The first-order valence-electron chi connectivity index (χ1n) is 7.49. The van der Waals surface area contributed by atoms with Crippen molar-refractivity contribution in [2.75, 3.05) is 13.1 Å². The van der Waals surface area contributed by atoms with E-state index in [0.29, 0.717) is 12.4 Å². The van der Waals surface area contributed by atoms with E-state index >= 15 is 0 Å². The Morgan fingerprint density at radius 2 is 1.96 bits per heavy atom. The summed E-state index contributed by atoms with van der Waals surface area (Å²) in [4.78, 5) is 29.0. The quantitative estimate of drug-likeness (QED) is 0.849. The summed E-state index contributed by atoms with van der Waals surface area (Å²) < 4.78 is 5.38. The number of aliphatic carboxylic acids is 1. The summed E-state index contributed by atoms with van der Waals surface area (Å²) in [5, 5.41) is 8.83. The van der Waals surface area contributed by atoms with E-state index < -0.39 is 5.97 Å². The third kappa shape index (κ3) is 4.67. The van der Waals surface area contributed by atoms with Crippen molar-refractivity contribution in [2.45, 2.75) is 20.3 Å². The molecule has 6 nitrogen and oxygen atoms in total. The van der Waals surface area contributed by atoms with Crippen LogP contribution in [-0.2, 0) is 4.79 Å². The van der Waals surface area contributed by atoms with Gasteiger partial charge in [0.25, 0.3) is 5.91 Å². The standard InChI is InChI=1S/C17H20N2O4/c1-12(2)10-19(9-8-15(20)21)17(22)14-11-23-16(18-14)13-6-4-3-5-7-13/h3-7,11-12H,8-10H2,1-2H3,(H,20,21). The van der Waals surface area contributed by atoms with Gasteiger partial charge in [-0.15, -0.1) is 0 Å². The summed E-state index contributed by atoms with van der Waals surface area (Å²) in [5.74, 6) is -0.646. The SMILES string of the molecule is CC(C)CN(CCC(=O)O)C(=O)c1coc(-c2ccccc2)n1. The van der Waals surface area contributed by atoms with E-state index in [1.165, 1.54) is 11.2 Å². The van der Waals surface area contributed by atoms with E-state index in [9.17, 15) is 9.59 Å². The van der Waals surface area contributed by atoms with Gasteiger partial charge in [0.15, 0.2) is 5.69 Å². The summed E-state index contributed by atoms with van der Waals surface area (Å²) >= 11 is 0. The van der Waals surface area contributed by atoms with Gasteiger partial charge >= 0.3 is 5.97 Å². The van der Waals surface area contributed by atoms with E-state index in [1.54, 1.807) is 0 Å². The van der Waals surface area contributed by atoms with Crippen LogP contribution in [0.4, 0.5) is 0 Å². The van der Waals surface area contributed by atoms with Crippen LogP contribution in [0, 0.1) is 5.92 Å². The zero-order valence-electron chi connectivity index (χ0n) is 13.2. The first-order valence-corrected chi connectivity index (χ1v) is 7.49. The topological polar surface area (TPSA) is 83.6 Å². The lowest BCUT2D eigenvalue weighted by molar-refractivity contribution is -0.137. The Morgan fingerprint density at radius 3 is 2.57 bits per heavy atom. The second kappa shape index (κ2) is 7.58. The number of carbonyl (C=O) groups excluding carboxylic acids is 1. The fourth-order valence-electron chi connectivity index (χ4n) is 2.19. The summed E-state index contributed by atoms with van der Waals surface area (Å²) in [6.07, 6.45) is 1.22. The summed E-state index contributed by atoms with van der Waals surface area (Å²) in [6.45, 7) is 4.57. The van der Waals surface area contributed by atoms with Crippen molar-refractivity contribution in [3.63, 3.8) is 0 Å². The molecule has 122 valence electrons. The number of carboxylic acid groups (broad SMARTS) is 1. The van der Waals surface area contributed by atoms with Gasteiger partial charge < -0.3 is 14.4 Å². The molecule has 2 aromatic rings. The molecular weight excluding hydrogens is 296 g/mol. The molecule has 1 aromatic carbocycles. The van der Waals surface area contributed by atoms with Crippen LogP contribution < -0.4 is 0 Å². The van der Waals surface area contributed by atoms with E-state index in [1.807, 2.05) is 44.2 Å². The minimum Gasteiger partial charge on any atom is -0.481 e. The molecular formula is C17H20N2O4. The third-order valence-corrected chi connectivity index (χ3v) is 3.21. The molecule has 2 rings (SSSR count). The van der Waals surface area contributed by atoms with Gasteiger partial charge in [-0.2, -0.15) is 0 Å². The molecule has 0 fully saturated rings. The van der Waals surface area contributed by atoms with Crippen LogP contribution in [-0.4, -0.2) is 40.0 Å². The van der Waals surface area contributed by atoms with Crippen LogP contribution in [0.2, 0.25) is 0 Å². The molecule has 0 aliphatic rings. The predicted molar refractivity (Wildman–Crippen MR) is 84.9 cm³/mol. The van der Waals surface area contributed by atoms with Crippen LogP contribution in [0.3, 0.4) is 0 Å². The average molecular weight is 316 g/mol. The molecule has 1 N–H and O–H groups in total. The Kier molecular flexibility index (Phi) is 5.51. The van der Waals surface area contributed by atoms with Crippen molar-refractivity contribution < 1.29 is 19.1 Å². The second-order valence-electron chi connectivity index (χ2n) is 5.69. The van der Waals surface area contributed by atoms with Crippen molar-refractivity contribution in [3.8, 4) is 11.5 Å². The number of nitrogens with zero attached hydrogens (tertiary/aromatic N) is 2. The highest BCUT2D eigenvalue weighted by Gasteiger charge is 2.21. The Hall–Kier alpha value is -2.63. The molecule has 0 aliphatic carbocycles. The van der Waals surface area contributed by atoms with Gasteiger partial charge in [0.2, 0.25) is 5.89 Å². The number of amides is 1. The fourth-order valence-corrected chi connectivity index (χ4v) is 2.19. The highest BCUT2D eigenvalue weighted by molar-refractivity contribution is 5.92. The minimum atomic E-state index is -0.934. The zero-order chi connectivity index (χ0) is 16.8. The van der Waals surface area contributed by atoms with Gasteiger partial charge in [-0.25, -0.2) is 4.98 Å². The van der Waals surface area contributed by atoms with E-state index in [4.69, 9.17) is 9.52 Å². The van der Waals surface area contributed by atoms with Crippen molar-refractivity contribution in [1.82, 2.24) is 9.88 Å². The lowest BCUT2D eigenvalue weighted by Gasteiger charge is -2.22. The summed E-state index contributed by atoms with van der Waals surface area (Å²) in [6, 6.07) is 9.29. The molecule has 6 heteroatoms. The highest BCUT2D eigenvalue weighted by Crippen LogP contribution is 2.19. The first-order chi connectivity index (χ1) is 11.0. The van der Waals surface area contributed by atoms with Crippen molar-refractivity contribution in [3.05, 3.63) is 42.3 Å². The highest BCUT2D eigenvalue weighted by atomic mass is 16.4. The summed E-state index contributed by atoms with van der Waals surface area (Å²) in [5.41, 5.74) is 0.974. The van der Waals surface area contributed by atoms with Crippen LogP contribution in [0.1, 0.15) is 30.8 Å². The molecule has 0 bridgehead atoms. The van der Waals surface area contributed by atoms with Crippen molar-refractivity contribution >= 4 is 11.9 Å². The molecule has 0 unspecified atom stereocenters. The van der Waals surface area contributed by atoms with E-state index in [0.717, 1.165) is 5.56 Å². The molecule has 0 saturated heterocycles. The largest absolute Gasteiger partial charge is 0.481 e. The number of carbonyl (C=O) groups is 2. The molecule has 0 atom stereocenters. The number of hydrogen-bond donors (Lipinski definition) is 1. The van der Waals surface area contributed by atoms with E-state index in [-0.39, 0.29) is 30.5 Å². The van der Waals surface area contributed by atoms with Crippen LogP contribution >= 0.6 is 0 Å². The number of carboxylic acids is 1. The molecule has 23 heavy (non-hydrogen) atoms. The Bertz CT molecular complexity index is 664. The molecule has 0 aliphatic heterocycles. The third-order valence-electron chi connectivity index (χ3n) is 3.21. The van der Waals surface area contributed by atoms with E-state index in [2.05, 4.69) is 4.98 Å². The summed E-state index contributed by atoms with van der Waals surface area (Å²) in [7, 11) is 0. The van der Waals surface area contributed by atoms with Crippen molar-refractivity contribution in [2.24, 2.45) is 5.92 Å². The maximum atomic E-state index is 12.5. The zero-order valence-corrected chi connectivity index (χ0v) is 13.2. The molecule has 1 amide bonds. The number of aromatic nitrogens is 1. The van der Waals surface area contributed by atoms with Crippen LogP contribution in [0.15, 0.2) is 41.0 Å². The van der Waals surface area contributed by atoms with Gasteiger partial charge in [-0.3, -0.25) is 9.59 Å². The Balaban J connectivity index is 2.16. The number of rotatable bonds is 7. The van der Waals surface area contributed by atoms with Gasteiger partial charge in [0, 0.05) is 18.7 Å². The maximum Gasteiger partial charge on any atom is 0.305 e.